The van der Waals surface area contributed by atoms with Gasteiger partial charge in [-0.05, 0) is 44.9 Å². The number of hydrogen-bond acceptors (Lipinski definition) is 3. The molecule has 110 valence electrons. The van der Waals surface area contributed by atoms with Gasteiger partial charge in [-0.15, -0.1) is 0 Å². The average molecular weight is 341 g/mol. The molecular formula is C16H21BrO3. The van der Waals surface area contributed by atoms with Crippen molar-refractivity contribution in [2.45, 2.75) is 46.1 Å². The Hall–Kier alpha value is -1.16. The third-order valence-electron chi connectivity index (χ3n) is 3.11. The highest BCUT2D eigenvalue weighted by molar-refractivity contribution is 9.10. The third-order valence-corrected chi connectivity index (χ3v) is 3.64. The smallest absolute Gasteiger partial charge is 0.308 e. The van der Waals surface area contributed by atoms with Gasteiger partial charge in [-0.3, -0.25) is 9.59 Å². The molecule has 0 aliphatic rings. The molecule has 4 heteroatoms. The molecule has 2 unspecified atom stereocenters. The van der Waals surface area contributed by atoms with E-state index in [1.54, 1.807) is 13.8 Å². The van der Waals surface area contributed by atoms with Crippen LogP contribution in [0, 0.1) is 5.92 Å². The molecule has 0 radical (unpaired) electrons. The van der Waals surface area contributed by atoms with Gasteiger partial charge >= 0.3 is 5.97 Å². The summed E-state index contributed by atoms with van der Waals surface area (Å²) in [5.41, 5.74) is 0.935. The van der Waals surface area contributed by atoms with Crippen LogP contribution in [-0.4, -0.2) is 17.9 Å². The van der Waals surface area contributed by atoms with Gasteiger partial charge in [0.1, 0.15) is 5.78 Å². The number of rotatable bonds is 6. The Morgan fingerprint density at radius 3 is 2.15 bits per heavy atom. The maximum absolute atomic E-state index is 11.9. The molecule has 20 heavy (non-hydrogen) atoms. The molecule has 0 heterocycles. The van der Waals surface area contributed by atoms with Crippen molar-refractivity contribution in [2.24, 2.45) is 5.92 Å². The van der Waals surface area contributed by atoms with Crippen molar-refractivity contribution in [3.05, 3.63) is 34.3 Å². The molecule has 0 N–H and O–H groups in total. The summed E-state index contributed by atoms with van der Waals surface area (Å²) < 4.78 is 6.16. The second-order valence-electron chi connectivity index (χ2n) is 5.34. The first-order chi connectivity index (χ1) is 9.31. The van der Waals surface area contributed by atoms with E-state index in [1.165, 1.54) is 0 Å². The molecule has 1 rings (SSSR count). The van der Waals surface area contributed by atoms with Gasteiger partial charge in [0, 0.05) is 10.4 Å². The summed E-state index contributed by atoms with van der Waals surface area (Å²) in [4.78, 5) is 23.7. The Kier molecular flexibility index (Phi) is 6.40. The minimum absolute atomic E-state index is 0.0662. The lowest BCUT2D eigenvalue weighted by molar-refractivity contribution is -0.152. The second kappa shape index (κ2) is 7.58. The molecule has 0 aliphatic carbocycles. The number of ketones is 1. The van der Waals surface area contributed by atoms with Crippen LogP contribution in [0.4, 0.5) is 0 Å². The van der Waals surface area contributed by atoms with Gasteiger partial charge in [-0.25, -0.2) is 0 Å². The van der Waals surface area contributed by atoms with Crippen molar-refractivity contribution in [1.82, 2.24) is 0 Å². The molecule has 0 spiro atoms. The summed E-state index contributed by atoms with van der Waals surface area (Å²) >= 11 is 3.37. The summed E-state index contributed by atoms with van der Waals surface area (Å²) in [6, 6.07) is 7.64. The molecule has 0 aromatic heterocycles. The maximum Gasteiger partial charge on any atom is 0.308 e. The fourth-order valence-corrected chi connectivity index (χ4v) is 2.29. The quantitative estimate of drug-likeness (QED) is 0.732. The average Bonchev–Trinajstić information content (AvgIpc) is 2.35. The number of esters is 1. The highest BCUT2D eigenvalue weighted by Gasteiger charge is 2.25. The lowest BCUT2D eigenvalue weighted by Gasteiger charge is -2.19. The van der Waals surface area contributed by atoms with E-state index in [-0.39, 0.29) is 29.7 Å². The fourth-order valence-electron chi connectivity index (χ4n) is 2.03. The Morgan fingerprint density at radius 1 is 1.15 bits per heavy atom. The van der Waals surface area contributed by atoms with Crippen LogP contribution in [0.25, 0.3) is 0 Å². The predicted octanol–water partition coefficient (Wildman–Crippen LogP) is 4.10. The standard InChI is InChI=1S/C16H21BrO3/c1-10(2)20-16(19)11(3)9-15(12(4)18)13-5-7-14(17)8-6-13/h5-8,10-11,15H,9H2,1-4H3. The Bertz CT molecular complexity index is 465. The van der Waals surface area contributed by atoms with Crippen LogP contribution in [0.5, 0.6) is 0 Å². The van der Waals surface area contributed by atoms with Crippen LogP contribution in [0.2, 0.25) is 0 Å². The molecule has 1 aromatic carbocycles. The summed E-state index contributed by atoms with van der Waals surface area (Å²) in [6.07, 6.45) is 0.344. The van der Waals surface area contributed by atoms with Gasteiger partial charge in [0.05, 0.1) is 12.0 Å². The minimum atomic E-state index is -0.296. The fraction of sp³-hybridized carbons (Fsp3) is 0.500. The van der Waals surface area contributed by atoms with E-state index in [1.807, 2.05) is 38.1 Å². The second-order valence-corrected chi connectivity index (χ2v) is 6.25. The number of hydrogen-bond donors (Lipinski definition) is 0. The summed E-state index contributed by atoms with van der Waals surface area (Å²) in [6.45, 7) is 7.01. The van der Waals surface area contributed by atoms with Gasteiger partial charge in [0.25, 0.3) is 0 Å². The maximum atomic E-state index is 11.9. The topological polar surface area (TPSA) is 43.4 Å². The number of carbonyl (C=O) groups excluding carboxylic acids is 2. The van der Waals surface area contributed by atoms with Crippen molar-refractivity contribution < 1.29 is 14.3 Å². The first-order valence-electron chi connectivity index (χ1n) is 6.77. The van der Waals surface area contributed by atoms with E-state index in [0.29, 0.717) is 6.42 Å². The molecule has 1 aromatic rings. The molecule has 2 atom stereocenters. The zero-order valence-electron chi connectivity index (χ0n) is 12.4. The predicted molar refractivity (Wildman–Crippen MR) is 82.6 cm³/mol. The Balaban J connectivity index is 2.80. The first kappa shape index (κ1) is 16.9. The van der Waals surface area contributed by atoms with Crippen molar-refractivity contribution in [1.29, 1.82) is 0 Å². The van der Waals surface area contributed by atoms with Crippen LogP contribution < -0.4 is 0 Å². The summed E-state index contributed by atoms with van der Waals surface area (Å²) in [7, 11) is 0. The van der Waals surface area contributed by atoms with Crippen LogP contribution in [0.15, 0.2) is 28.7 Å². The number of Topliss-reactive ketones (excluding diaryl/α,β-unsaturated/α-hetero) is 1. The lowest BCUT2D eigenvalue weighted by Crippen LogP contribution is -2.22. The zero-order valence-corrected chi connectivity index (χ0v) is 13.9. The zero-order chi connectivity index (χ0) is 15.3. The van der Waals surface area contributed by atoms with E-state index in [4.69, 9.17) is 4.74 Å². The first-order valence-corrected chi connectivity index (χ1v) is 7.57. The van der Waals surface area contributed by atoms with Crippen LogP contribution in [0.3, 0.4) is 0 Å². The number of carbonyl (C=O) groups is 2. The number of benzene rings is 1. The van der Waals surface area contributed by atoms with Crippen molar-refractivity contribution in [3.63, 3.8) is 0 Å². The molecule has 0 amide bonds. The van der Waals surface area contributed by atoms with E-state index in [0.717, 1.165) is 10.0 Å². The van der Waals surface area contributed by atoms with Gasteiger partial charge in [0.15, 0.2) is 0 Å². The van der Waals surface area contributed by atoms with Crippen LogP contribution in [0.1, 0.15) is 45.6 Å². The molecule has 0 saturated heterocycles. The van der Waals surface area contributed by atoms with Gasteiger partial charge in [0.2, 0.25) is 0 Å². The highest BCUT2D eigenvalue weighted by Crippen LogP contribution is 2.27. The Morgan fingerprint density at radius 2 is 1.70 bits per heavy atom. The normalized spacial score (nSPS) is 13.9. The summed E-state index contributed by atoms with van der Waals surface area (Å²) in [5.74, 6) is -0.743. The third kappa shape index (κ3) is 5.08. The molecule has 0 saturated carbocycles. The largest absolute Gasteiger partial charge is 0.463 e. The molecule has 0 fully saturated rings. The van der Waals surface area contributed by atoms with E-state index >= 15 is 0 Å². The monoisotopic (exact) mass is 340 g/mol. The molecule has 3 nitrogen and oxygen atoms in total. The number of halogens is 1. The van der Waals surface area contributed by atoms with Crippen LogP contribution in [-0.2, 0) is 14.3 Å². The van der Waals surface area contributed by atoms with Crippen LogP contribution >= 0.6 is 15.9 Å². The molecular weight excluding hydrogens is 320 g/mol. The summed E-state index contributed by atoms with van der Waals surface area (Å²) in [5, 5.41) is 0. The van der Waals surface area contributed by atoms with E-state index in [2.05, 4.69) is 15.9 Å². The molecule has 0 aliphatic heterocycles. The number of ether oxygens (including phenoxy) is 1. The minimum Gasteiger partial charge on any atom is -0.463 e. The van der Waals surface area contributed by atoms with Crippen molar-refractivity contribution >= 4 is 27.7 Å². The Labute approximate surface area is 128 Å². The molecule has 0 bridgehead atoms. The lowest BCUT2D eigenvalue weighted by atomic mass is 9.87. The van der Waals surface area contributed by atoms with E-state index < -0.39 is 0 Å². The van der Waals surface area contributed by atoms with Gasteiger partial charge in [-0.2, -0.15) is 0 Å². The van der Waals surface area contributed by atoms with Crippen molar-refractivity contribution in [2.75, 3.05) is 0 Å². The highest BCUT2D eigenvalue weighted by atomic mass is 79.9. The van der Waals surface area contributed by atoms with Crippen molar-refractivity contribution in [3.8, 4) is 0 Å². The SMILES string of the molecule is CC(=O)C(CC(C)C(=O)OC(C)C)c1ccc(Br)cc1. The van der Waals surface area contributed by atoms with E-state index in [9.17, 15) is 9.59 Å². The van der Waals surface area contributed by atoms with Gasteiger partial charge < -0.3 is 4.74 Å². The van der Waals surface area contributed by atoms with Gasteiger partial charge in [-0.1, -0.05) is 35.0 Å².